The monoisotopic (exact) mass is 340 g/mol. The van der Waals surface area contributed by atoms with E-state index >= 15 is 0 Å². The number of anilines is 1. The molecule has 0 radical (unpaired) electrons. The Hall–Kier alpha value is -1.84. The molecular formula is C13H16N4O3S2. The maximum atomic E-state index is 12.1. The van der Waals surface area contributed by atoms with Crippen LogP contribution in [0.15, 0.2) is 34.7 Å². The summed E-state index contributed by atoms with van der Waals surface area (Å²) in [4.78, 5) is 12.0. The molecule has 1 aromatic heterocycles. The lowest BCUT2D eigenvalue weighted by atomic mass is 10.2. The van der Waals surface area contributed by atoms with Gasteiger partial charge in [0.2, 0.25) is 9.47 Å². The summed E-state index contributed by atoms with van der Waals surface area (Å²) in [5.41, 5.74) is 0.458. The Labute approximate surface area is 132 Å². The highest BCUT2D eigenvalue weighted by atomic mass is 32.2. The molecule has 0 bridgehead atoms. The lowest BCUT2D eigenvalue weighted by Crippen LogP contribution is -2.31. The molecule has 1 aromatic carbocycles. The molecule has 1 unspecified atom stereocenters. The van der Waals surface area contributed by atoms with Gasteiger partial charge in [-0.1, -0.05) is 36.5 Å². The molecule has 7 nitrogen and oxygen atoms in total. The first-order chi connectivity index (χ1) is 10.4. The van der Waals surface area contributed by atoms with Crippen molar-refractivity contribution >= 4 is 32.4 Å². The van der Waals surface area contributed by atoms with Crippen LogP contribution in [0.3, 0.4) is 0 Å². The van der Waals surface area contributed by atoms with E-state index in [1.807, 2.05) is 6.92 Å². The van der Waals surface area contributed by atoms with Gasteiger partial charge in [-0.15, -0.1) is 10.2 Å². The van der Waals surface area contributed by atoms with Crippen molar-refractivity contribution in [3.05, 3.63) is 35.9 Å². The van der Waals surface area contributed by atoms with Crippen LogP contribution < -0.4 is 10.0 Å². The maximum absolute atomic E-state index is 12.1. The maximum Gasteiger partial charge on any atom is 0.270 e. The Balaban J connectivity index is 2.10. The van der Waals surface area contributed by atoms with Gasteiger partial charge in [-0.05, 0) is 25.5 Å². The quantitative estimate of drug-likeness (QED) is 0.782. The SMILES string of the molecule is CCC(C)NS(=O)(=O)c1nnc(NC(=O)c2ccccc2)s1. The van der Waals surface area contributed by atoms with Crippen molar-refractivity contribution in [2.24, 2.45) is 0 Å². The van der Waals surface area contributed by atoms with Crippen molar-refractivity contribution in [1.82, 2.24) is 14.9 Å². The van der Waals surface area contributed by atoms with Gasteiger partial charge in [0.1, 0.15) is 0 Å². The highest BCUT2D eigenvalue weighted by Crippen LogP contribution is 2.20. The van der Waals surface area contributed by atoms with E-state index in [-0.39, 0.29) is 21.4 Å². The number of nitrogens with one attached hydrogen (secondary N) is 2. The third-order valence-electron chi connectivity index (χ3n) is 2.86. The fourth-order valence-corrected chi connectivity index (χ4v) is 3.76. The lowest BCUT2D eigenvalue weighted by Gasteiger charge is -2.08. The summed E-state index contributed by atoms with van der Waals surface area (Å²) in [6.07, 6.45) is 0.662. The first kappa shape index (κ1) is 16.5. The van der Waals surface area contributed by atoms with Crippen LogP contribution in [0.5, 0.6) is 0 Å². The van der Waals surface area contributed by atoms with E-state index in [1.54, 1.807) is 37.3 Å². The molecule has 0 aliphatic carbocycles. The van der Waals surface area contributed by atoms with E-state index in [1.165, 1.54) is 0 Å². The van der Waals surface area contributed by atoms with Crippen LogP contribution in [-0.4, -0.2) is 30.6 Å². The summed E-state index contributed by atoms with van der Waals surface area (Å²) >= 11 is 0.811. The van der Waals surface area contributed by atoms with Gasteiger partial charge in [0.25, 0.3) is 15.9 Å². The second kappa shape index (κ2) is 6.95. The van der Waals surface area contributed by atoms with E-state index in [0.29, 0.717) is 12.0 Å². The summed E-state index contributed by atoms with van der Waals surface area (Å²) in [6.45, 7) is 3.63. The van der Waals surface area contributed by atoms with Crippen LogP contribution in [0.4, 0.5) is 5.13 Å². The summed E-state index contributed by atoms with van der Waals surface area (Å²) in [7, 11) is -3.71. The summed E-state index contributed by atoms with van der Waals surface area (Å²) < 4.78 is 26.4. The third-order valence-corrected chi connectivity index (χ3v) is 5.66. The Morgan fingerprint density at radius 2 is 1.95 bits per heavy atom. The van der Waals surface area contributed by atoms with Crippen LogP contribution in [-0.2, 0) is 10.0 Å². The topological polar surface area (TPSA) is 101 Å². The van der Waals surface area contributed by atoms with Gasteiger partial charge >= 0.3 is 0 Å². The first-order valence-electron chi connectivity index (χ1n) is 6.64. The van der Waals surface area contributed by atoms with Crippen molar-refractivity contribution in [2.45, 2.75) is 30.6 Å². The van der Waals surface area contributed by atoms with Crippen molar-refractivity contribution in [1.29, 1.82) is 0 Å². The number of nitrogens with zero attached hydrogens (tertiary/aromatic N) is 2. The predicted molar refractivity (Wildman–Crippen MR) is 84.4 cm³/mol. The number of carbonyl (C=O) groups is 1. The zero-order valence-electron chi connectivity index (χ0n) is 12.1. The summed E-state index contributed by atoms with van der Waals surface area (Å²) in [5.74, 6) is -0.365. The van der Waals surface area contributed by atoms with Gasteiger partial charge in [0.15, 0.2) is 0 Å². The zero-order chi connectivity index (χ0) is 16.2. The minimum absolute atomic E-state index is 0.137. The van der Waals surface area contributed by atoms with E-state index in [0.717, 1.165) is 11.3 Å². The van der Waals surface area contributed by atoms with Gasteiger partial charge in [-0.25, -0.2) is 13.1 Å². The van der Waals surface area contributed by atoms with Crippen molar-refractivity contribution in [3.63, 3.8) is 0 Å². The van der Waals surface area contributed by atoms with Crippen LogP contribution in [0.1, 0.15) is 30.6 Å². The Kier molecular flexibility index (Phi) is 5.22. The van der Waals surface area contributed by atoms with Gasteiger partial charge in [-0.2, -0.15) is 0 Å². The molecule has 0 fully saturated rings. The van der Waals surface area contributed by atoms with Crippen LogP contribution in [0, 0.1) is 0 Å². The van der Waals surface area contributed by atoms with E-state index in [2.05, 4.69) is 20.2 Å². The molecule has 0 spiro atoms. The molecule has 1 amide bonds. The van der Waals surface area contributed by atoms with Crippen LogP contribution >= 0.6 is 11.3 Å². The number of rotatable bonds is 6. The summed E-state index contributed by atoms with van der Waals surface area (Å²) in [5, 5.41) is 9.99. The highest BCUT2D eigenvalue weighted by Gasteiger charge is 2.22. The number of hydrogen-bond donors (Lipinski definition) is 2. The zero-order valence-corrected chi connectivity index (χ0v) is 13.7. The molecule has 9 heteroatoms. The average molecular weight is 340 g/mol. The van der Waals surface area contributed by atoms with Gasteiger partial charge in [-0.3, -0.25) is 10.1 Å². The molecule has 2 rings (SSSR count). The largest absolute Gasteiger partial charge is 0.296 e. The normalized spacial score (nSPS) is 12.8. The highest BCUT2D eigenvalue weighted by molar-refractivity contribution is 7.91. The molecule has 118 valence electrons. The van der Waals surface area contributed by atoms with Crippen molar-refractivity contribution in [3.8, 4) is 0 Å². The van der Waals surface area contributed by atoms with Gasteiger partial charge in [0, 0.05) is 11.6 Å². The third kappa shape index (κ3) is 4.09. The molecule has 0 aliphatic rings. The molecule has 1 heterocycles. The fraction of sp³-hybridized carbons (Fsp3) is 0.308. The van der Waals surface area contributed by atoms with Crippen LogP contribution in [0.2, 0.25) is 0 Å². The molecule has 0 aliphatic heterocycles. The number of aromatic nitrogens is 2. The molecule has 2 aromatic rings. The first-order valence-corrected chi connectivity index (χ1v) is 8.94. The van der Waals surface area contributed by atoms with Crippen molar-refractivity contribution < 1.29 is 13.2 Å². The Morgan fingerprint density at radius 3 is 2.59 bits per heavy atom. The molecule has 1 atom stereocenters. The Bertz CT molecular complexity index is 744. The van der Waals surface area contributed by atoms with Crippen molar-refractivity contribution in [2.75, 3.05) is 5.32 Å². The number of carbonyl (C=O) groups excluding carboxylic acids is 1. The fourth-order valence-electron chi connectivity index (χ4n) is 1.53. The minimum Gasteiger partial charge on any atom is -0.296 e. The van der Waals surface area contributed by atoms with E-state index < -0.39 is 10.0 Å². The standard InChI is InChI=1S/C13H16N4O3S2/c1-3-9(2)17-22(19,20)13-16-15-12(21-13)14-11(18)10-7-5-4-6-8-10/h4-9,17H,3H2,1-2H3,(H,14,15,18). The molecule has 0 saturated heterocycles. The molecule has 22 heavy (non-hydrogen) atoms. The number of sulfonamides is 1. The molecular weight excluding hydrogens is 324 g/mol. The second-order valence-electron chi connectivity index (χ2n) is 4.62. The van der Waals surface area contributed by atoms with E-state index in [4.69, 9.17) is 0 Å². The number of amides is 1. The average Bonchev–Trinajstić information content (AvgIpc) is 2.97. The number of hydrogen-bond acceptors (Lipinski definition) is 6. The van der Waals surface area contributed by atoms with Crippen LogP contribution in [0.25, 0.3) is 0 Å². The minimum atomic E-state index is -3.71. The summed E-state index contributed by atoms with van der Waals surface area (Å²) in [6, 6.07) is 8.38. The van der Waals surface area contributed by atoms with Gasteiger partial charge < -0.3 is 0 Å². The van der Waals surface area contributed by atoms with E-state index in [9.17, 15) is 13.2 Å². The van der Waals surface area contributed by atoms with Gasteiger partial charge in [0.05, 0.1) is 0 Å². The Morgan fingerprint density at radius 1 is 1.27 bits per heavy atom. The smallest absolute Gasteiger partial charge is 0.270 e. The number of benzene rings is 1. The second-order valence-corrected chi connectivity index (χ2v) is 7.49. The predicted octanol–water partition coefficient (Wildman–Crippen LogP) is 1.87. The lowest BCUT2D eigenvalue weighted by molar-refractivity contribution is 0.102. The molecule has 2 N–H and O–H groups in total. The molecule has 0 saturated carbocycles.